The number of ether oxygens (including phenoxy) is 1. The first-order valence-corrected chi connectivity index (χ1v) is 10.1. The van der Waals surface area contributed by atoms with Gasteiger partial charge in [-0.2, -0.15) is 5.10 Å². The third-order valence-electron chi connectivity index (χ3n) is 5.12. The van der Waals surface area contributed by atoms with Crippen molar-refractivity contribution in [3.05, 3.63) is 46.3 Å². The van der Waals surface area contributed by atoms with Crippen molar-refractivity contribution in [1.29, 1.82) is 0 Å². The maximum absolute atomic E-state index is 6.10. The fraction of sp³-hybridized carbons (Fsp3) is 0.545. The number of aromatic nitrogens is 2. The summed E-state index contributed by atoms with van der Waals surface area (Å²) in [5, 5.41) is 11.3. The van der Waals surface area contributed by atoms with Gasteiger partial charge in [0.1, 0.15) is 5.75 Å². The van der Waals surface area contributed by atoms with Gasteiger partial charge in [-0.25, -0.2) is 0 Å². The molecule has 0 radical (unpaired) electrons. The number of aryl methyl sites for hydroxylation is 3. The monoisotopic (exact) mass is 513 g/mol. The maximum atomic E-state index is 6.10. The zero-order valence-electron chi connectivity index (χ0n) is 18.8. The Morgan fingerprint density at radius 1 is 1.24 bits per heavy atom. The topological polar surface area (TPSA) is 63.5 Å². The molecule has 0 spiro atoms. The molecule has 2 N–H and O–H groups in total. The highest BCUT2D eigenvalue weighted by Gasteiger charge is 2.11. The maximum Gasteiger partial charge on any atom is 0.191 e. The first kappa shape index (κ1) is 25.3. The van der Waals surface area contributed by atoms with E-state index in [1.807, 2.05) is 11.7 Å². The van der Waals surface area contributed by atoms with Crippen LogP contribution in [0.4, 0.5) is 0 Å². The Morgan fingerprint density at radius 2 is 1.97 bits per heavy atom. The minimum absolute atomic E-state index is 0. The molecule has 0 amide bonds. The number of benzene rings is 1. The number of guanidine groups is 1. The average Bonchev–Trinajstić information content (AvgIpc) is 2.91. The van der Waals surface area contributed by atoms with E-state index in [4.69, 9.17) is 4.74 Å². The molecule has 0 bridgehead atoms. The Balaban J connectivity index is 0.00000420. The molecule has 1 heterocycles. The van der Waals surface area contributed by atoms with Crippen LogP contribution in [0, 0.1) is 20.8 Å². The van der Waals surface area contributed by atoms with Gasteiger partial charge in [0, 0.05) is 38.4 Å². The van der Waals surface area contributed by atoms with Gasteiger partial charge in [0.05, 0.1) is 11.8 Å². The molecule has 0 aliphatic rings. The zero-order valence-corrected chi connectivity index (χ0v) is 21.1. The van der Waals surface area contributed by atoms with Gasteiger partial charge < -0.3 is 15.4 Å². The largest absolute Gasteiger partial charge is 0.490 e. The number of hydrogen-bond acceptors (Lipinski definition) is 3. The predicted molar refractivity (Wildman–Crippen MR) is 132 cm³/mol. The molecule has 0 fully saturated rings. The van der Waals surface area contributed by atoms with Crippen LogP contribution >= 0.6 is 24.0 Å². The van der Waals surface area contributed by atoms with Gasteiger partial charge in [-0.3, -0.25) is 9.67 Å². The molecule has 0 aliphatic heterocycles. The fourth-order valence-corrected chi connectivity index (χ4v) is 3.10. The third kappa shape index (κ3) is 7.21. The van der Waals surface area contributed by atoms with Crippen LogP contribution in [0.25, 0.3) is 0 Å². The molecular formula is C22H36IN5O. The van der Waals surface area contributed by atoms with Gasteiger partial charge in [0.2, 0.25) is 0 Å². The molecule has 1 aromatic heterocycles. The Kier molecular flexibility index (Phi) is 10.5. The predicted octanol–water partition coefficient (Wildman–Crippen LogP) is 4.05. The first-order valence-electron chi connectivity index (χ1n) is 10.1. The van der Waals surface area contributed by atoms with E-state index in [9.17, 15) is 0 Å². The van der Waals surface area contributed by atoms with E-state index in [0.717, 1.165) is 42.4 Å². The van der Waals surface area contributed by atoms with Crippen molar-refractivity contribution in [3.8, 4) is 5.75 Å². The highest BCUT2D eigenvalue weighted by molar-refractivity contribution is 14.0. The molecule has 162 valence electrons. The van der Waals surface area contributed by atoms with Crippen LogP contribution < -0.4 is 15.4 Å². The third-order valence-corrected chi connectivity index (χ3v) is 5.12. The molecule has 2 rings (SSSR count). The van der Waals surface area contributed by atoms with Crippen molar-refractivity contribution < 1.29 is 4.74 Å². The lowest BCUT2D eigenvalue weighted by molar-refractivity contribution is 0.215. The highest BCUT2D eigenvalue weighted by atomic mass is 127. The van der Waals surface area contributed by atoms with Crippen LogP contribution in [0.1, 0.15) is 48.3 Å². The molecule has 6 nitrogen and oxygen atoms in total. The molecule has 7 heteroatoms. The van der Waals surface area contributed by atoms with Gasteiger partial charge in [0.25, 0.3) is 0 Å². The lowest BCUT2D eigenvalue weighted by atomic mass is 10.1. The summed E-state index contributed by atoms with van der Waals surface area (Å²) >= 11 is 0. The summed E-state index contributed by atoms with van der Waals surface area (Å²) in [5.74, 6) is 1.73. The quantitative estimate of drug-likeness (QED) is 0.318. The number of nitrogens with zero attached hydrogens (tertiary/aromatic N) is 3. The van der Waals surface area contributed by atoms with E-state index in [1.165, 1.54) is 16.8 Å². The highest BCUT2D eigenvalue weighted by Crippen LogP contribution is 2.22. The fourth-order valence-electron chi connectivity index (χ4n) is 3.10. The van der Waals surface area contributed by atoms with Gasteiger partial charge in [-0.15, -0.1) is 24.0 Å². The summed E-state index contributed by atoms with van der Waals surface area (Å²) in [6.07, 6.45) is 2.10. The smallest absolute Gasteiger partial charge is 0.191 e. The molecule has 0 saturated heterocycles. The number of rotatable bonds is 8. The SMILES string of the molecule is CCC(C)Oc1cc(C)ccc1CNC(=NC)NCCc1c(C)nn(C)c1C.I. The zero-order chi connectivity index (χ0) is 20.7. The van der Waals surface area contributed by atoms with Crippen LogP contribution in [0.2, 0.25) is 0 Å². The molecule has 29 heavy (non-hydrogen) atoms. The second kappa shape index (κ2) is 12.0. The Morgan fingerprint density at radius 3 is 2.55 bits per heavy atom. The second-order valence-electron chi connectivity index (χ2n) is 7.32. The number of hydrogen-bond donors (Lipinski definition) is 2. The van der Waals surface area contributed by atoms with Crippen LogP contribution in [0.15, 0.2) is 23.2 Å². The van der Waals surface area contributed by atoms with E-state index in [-0.39, 0.29) is 30.1 Å². The first-order chi connectivity index (χ1) is 13.3. The van der Waals surface area contributed by atoms with E-state index in [0.29, 0.717) is 6.54 Å². The van der Waals surface area contributed by atoms with Gasteiger partial charge >= 0.3 is 0 Å². The number of nitrogens with one attached hydrogen (secondary N) is 2. The van der Waals surface area contributed by atoms with Crippen molar-refractivity contribution >= 4 is 29.9 Å². The normalized spacial score (nSPS) is 12.3. The van der Waals surface area contributed by atoms with E-state index < -0.39 is 0 Å². The summed E-state index contributed by atoms with van der Waals surface area (Å²) < 4.78 is 8.04. The molecule has 1 unspecified atom stereocenters. The molecular weight excluding hydrogens is 477 g/mol. The van der Waals surface area contributed by atoms with Crippen molar-refractivity contribution in [1.82, 2.24) is 20.4 Å². The Hall–Kier alpha value is -1.77. The van der Waals surface area contributed by atoms with Gasteiger partial charge in [-0.1, -0.05) is 19.1 Å². The van der Waals surface area contributed by atoms with Crippen molar-refractivity contribution in [2.45, 2.75) is 60.1 Å². The van der Waals surface area contributed by atoms with E-state index >= 15 is 0 Å². The number of aliphatic imine (C=N–C) groups is 1. The van der Waals surface area contributed by atoms with E-state index in [1.54, 1.807) is 7.05 Å². The van der Waals surface area contributed by atoms with Crippen molar-refractivity contribution in [3.63, 3.8) is 0 Å². The van der Waals surface area contributed by atoms with Crippen LogP contribution in [-0.2, 0) is 20.0 Å². The molecule has 1 atom stereocenters. The summed E-state index contributed by atoms with van der Waals surface area (Å²) in [4.78, 5) is 4.34. The van der Waals surface area contributed by atoms with Crippen LogP contribution in [-0.4, -0.2) is 35.4 Å². The lowest BCUT2D eigenvalue weighted by Crippen LogP contribution is -2.38. The van der Waals surface area contributed by atoms with Crippen molar-refractivity contribution in [2.75, 3.05) is 13.6 Å². The standard InChI is InChI=1S/C22H35N5O.HI/c1-8-16(3)28-21-13-15(2)9-10-19(21)14-25-22(23-6)24-12-11-20-17(4)26-27(7)18(20)5;/h9-10,13,16H,8,11-12,14H2,1-7H3,(H2,23,24,25);1H. The van der Waals surface area contributed by atoms with Crippen LogP contribution in [0.3, 0.4) is 0 Å². The second-order valence-corrected chi connectivity index (χ2v) is 7.32. The Bertz CT molecular complexity index is 816. The summed E-state index contributed by atoms with van der Waals surface area (Å²) in [7, 11) is 3.78. The van der Waals surface area contributed by atoms with E-state index in [2.05, 4.69) is 73.5 Å². The average molecular weight is 513 g/mol. The summed E-state index contributed by atoms with van der Waals surface area (Å²) in [5.41, 5.74) is 5.94. The lowest BCUT2D eigenvalue weighted by Gasteiger charge is -2.18. The molecule has 2 aromatic rings. The number of halogens is 1. The molecule has 1 aromatic carbocycles. The summed E-state index contributed by atoms with van der Waals surface area (Å²) in [6.45, 7) is 12.0. The van der Waals surface area contributed by atoms with Gasteiger partial charge in [-0.05, 0) is 57.7 Å². The van der Waals surface area contributed by atoms with Gasteiger partial charge in [0.15, 0.2) is 5.96 Å². The van der Waals surface area contributed by atoms with Crippen LogP contribution in [0.5, 0.6) is 5.75 Å². The Labute approximate surface area is 192 Å². The molecule has 0 aliphatic carbocycles. The minimum Gasteiger partial charge on any atom is -0.490 e. The summed E-state index contributed by atoms with van der Waals surface area (Å²) in [6, 6.07) is 6.34. The molecule has 0 saturated carbocycles. The van der Waals surface area contributed by atoms with Crippen molar-refractivity contribution in [2.24, 2.45) is 12.0 Å². The minimum atomic E-state index is 0.